The molecule has 0 saturated carbocycles. The predicted octanol–water partition coefficient (Wildman–Crippen LogP) is 3.10. The van der Waals surface area contributed by atoms with Crippen molar-refractivity contribution in [2.24, 2.45) is 5.92 Å². The van der Waals surface area contributed by atoms with Crippen molar-refractivity contribution in [2.45, 2.75) is 39.2 Å². The largest absolute Gasteiger partial charge is 0.385 e. The normalized spacial score (nSPS) is 16.3. The average Bonchev–Trinajstić information content (AvgIpc) is 3.12. The Bertz CT molecular complexity index is 748. The van der Waals surface area contributed by atoms with E-state index in [1.807, 2.05) is 29.1 Å². The molecule has 148 valence electrons. The van der Waals surface area contributed by atoms with Gasteiger partial charge in [0.05, 0.1) is 5.56 Å². The van der Waals surface area contributed by atoms with E-state index in [4.69, 9.17) is 4.74 Å². The summed E-state index contributed by atoms with van der Waals surface area (Å²) in [6.45, 7) is 9.07. The molecule has 6 heteroatoms. The molecular weight excluding hydrogens is 340 g/mol. The quantitative estimate of drug-likeness (QED) is 0.724. The molecule has 1 amide bonds. The van der Waals surface area contributed by atoms with Gasteiger partial charge < -0.3 is 15.0 Å². The summed E-state index contributed by atoms with van der Waals surface area (Å²) in [6, 6.07) is 6.09. The van der Waals surface area contributed by atoms with Gasteiger partial charge in [0, 0.05) is 44.4 Å². The third kappa shape index (κ3) is 5.08. The molecule has 2 aromatic rings. The summed E-state index contributed by atoms with van der Waals surface area (Å²) in [5.74, 6) is 0.539. The number of ether oxygens (including phenoxy) is 1. The summed E-state index contributed by atoms with van der Waals surface area (Å²) in [4.78, 5) is 15.2. The summed E-state index contributed by atoms with van der Waals surface area (Å²) in [7, 11) is 1.75. The molecule has 1 saturated heterocycles. The number of rotatable bonds is 8. The molecule has 0 radical (unpaired) electrons. The number of carbonyl (C=O) groups is 1. The Balaban J connectivity index is 1.52. The van der Waals surface area contributed by atoms with Gasteiger partial charge in [0.25, 0.3) is 5.91 Å². The smallest absolute Gasteiger partial charge is 0.253 e. The molecule has 0 spiro atoms. The van der Waals surface area contributed by atoms with E-state index in [0.717, 1.165) is 63.0 Å². The number of piperidine rings is 1. The molecule has 27 heavy (non-hydrogen) atoms. The van der Waals surface area contributed by atoms with Crippen molar-refractivity contribution < 1.29 is 9.53 Å². The first-order chi connectivity index (χ1) is 13.1. The molecule has 1 aliphatic heterocycles. The van der Waals surface area contributed by atoms with Crippen LogP contribution in [0, 0.1) is 5.92 Å². The van der Waals surface area contributed by atoms with Gasteiger partial charge in [-0.2, -0.15) is 5.10 Å². The molecule has 1 aromatic heterocycles. The first-order valence-electron chi connectivity index (χ1n) is 10.1. The van der Waals surface area contributed by atoms with Gasteiger partial charge in [-0.25, -0.2) is 0 Å². The van der Waals surface area contributed by atoms with Crippen LogP contribution in [0.25, 0.3) is 10.9 Å². The highest BCUT2D eigenvalue weighted by atomic mass is 16.5. The molecule has 3 rings (SSSR count). The van der Waals surface area contributed by atoms with Crippen molar-refractivity contribution in [3.05, 3.63) is 30.0 Å². The van der Waals surface area contributed by atoms with Crippen molar-refractivity contribution >= 4 is 16.8 Å². The summed E-state index contributed by atoms with van der Waals surface area (Å²) in [6.07, 6.45) is 5.37. The lowest BCUT2D eigenvalue weighted by Gasteiger charge is -2.31. The average molecular weight is 373 g/mol. The van der Waals surface area contributed by atoms with Crippen LogP contribution in [0.15, 0.2) is 24.4 Å². The number of nitrogens with zero attached hydrogens (tertiary/aromatic N) is 3. The minimum Gasteiger partial charge on any atom is -0.385 e. The molecule has 1 N–H and O–H groups in total. The molecule has 1 aromatic carbocycles. The number of fused-ring (bicyclic) bond motifs is 1. The first-order valence-corrected chi connectivity index (χ1v) is 10.1. The number of likely N-dealkylation sites (tertiary alicyclic amines) is 1. The van der Waals surface area contributed by atoms with Crippen LogP contribution in [0.5, 0.6) is 0 Å². The number of carbonyl (C=O) groups excluding carboxylic acids is 1. The van der Waals surface area contributed by atoms with Gasteiger partial charge in [-0.1, -0.05) is 12.1 Å². The Labute approximate surface area is 161 Å². The summed E-state index contributed by atoms with van der Waals surface area (Å²) < 4.78 is 7.04. The van der Waals surface area contributed by atoms with Gasteiger partial charge in [0.15, 0.2) is 0 Å². The fourth-order valence-electron chi connectivity index (χ4n) is 3.69. The molecule has 1 aliphatic rings. The van der Waals surface area contributed by atoms with Crippen LogP contribution in [-0.4, -0.2) is 60.5 Å². The van der Waals surface area contributed by atoms with Crippen LogP contribution >= 0.6 is 0 Å². The molecule has 2 heterocycles. The van der Waals surface area contributed by atoms with Crippen LogP contribution in [-0.2, 0) is 4.74 Å². The summed E-state index contributed by atoms with van der Waals surface area (Å²) >= 11 is 0. The topological polar surface area (TPSA) is 59.4 Å². The van der Waals surface area contributed by atoms with Crippen LogP contribution in [0.3, 0.4) is 0 Å². The van der Waals surface area contributed by atoms with Gasteiger partial charge in [0.2, 0.25) is 0 Å². The molecule has 1 fully saturated rings. The lowest BCUT2D eigenvalue weighted by atomic mass is 9.96. The van der Waals surface area contributed by atoms with E-state index in [-0.39, 0.29) is 11.9 Å². The van der Waals surface area contributed by atoms with Crippen molar-refractivity contribution in [1.82, 2.24) is 20.0 Å². The van der Waals surface area contributed by atoms with Crippen LogP contribution in [0.4, 0.5) is 0 Å². The highest BCUT2D eigenvalue weighted by Crippen LogP contribution is 2.20. The van der Waals surface area contributed by atoms with E-state index in [0.29, 0.717) is 11.5 Å². The molecular formula is C21H32N4O2. The second-order valence-electron chi connectivity index (χ2n) is 7.79. The standard InChI is InChI=1S/C21H32N4O2/c1-16(2)25-15-18-6-4-7-19(20(18)23-25)21(26)22-14-17-8-11-24(12-9-17)10-5-13-27-3/h4,6-7,15-17H,5,8-14H2,1-3H3,(H,22,26). The van der Waals surface area contributed by atoms with E-state index < -0.39 is 0 Å². The van der Waals surface area contributed by atoms with Crippen LogP contribution < -0.4 is 5.32 Å². The Hall–Kier alpha value is -1.92. The highest BCUT2D eigenvalue weighted by molar-refractivity contribution is 6.05. The molecule has 0 bridgehead atoms. The Morgan fingerprint density at radius 2 is 2.11 bits per heavy atom. The maximum atomic E-state index is 12.7. The number of benzene rings is 1. The Morgan fingerprint density at radius 3 is 2.81 bits per heavy atom. The molecule has 0 unspecified atom stereocenters. The maximum Gasteiger partial charge on any atom is 0.253 e. The number of amides is 1. The van der Waals surface area contributed by atoms with Crippen LogP contribution in [0.2, 0.25) is 0 Å². The van der Waals surface area contributed by atoms with Gasteiger partial charge in [0.1, 0.15) is 5.52 Å². The minimum absolute atomic E-state index is 0.0165. The maximum absolute atomic E-state index is 12.7. The second kappa shape index (κ2) is 9.33. The minimum atomic E-state index is -0.0165. The number of nitrogens with one attached hydrogen (secondary N) is 1. The van der Waals surface area contributed by atoms with Crippen molar-refractivity contribution in [3.63, 3.8) is 0 Å². The molecule has 0 aliphatic carbocycles. The third-order valence-corrected chi connectivity index (χ3v) is 5.41. The van der Waals surface area contributed by atoms with E-state index in [1.165, 1.54) is 0 Å². The van der Waals surface area contributed by atoms with Crippen molar-refractivity contribution in [1.29, 1.82) is 0 Å². The zero-order chi connectivity index (χ0) is 19.2. The van der Waals surface area contributed by atoms with Gasteiger partial charge in [-0.15, -0.1) is 0 Å². The van der Waals surface area contributed by atoms with Gasteiger partial charge in [-0.3, -0.25) is 9.48 Å². The first kappa shape index (κ1) is 19.8. The summed E-state index contributed by atoms with van der Waals surface area (Å²) in [5, 5.41) is 8.77. The monoisotopic (exact) mass is 372 g/mol. The Kier molecular flexibility index (Phi) is 6.85. The Morgan fingerprint density at radius 1 is 1.33 bits per heavy atom. The zero-order valence-corrected chi connectivity index (χ0v) is 16.8. The molecule has 6 nitrogen and oxygen atoms in total. The van der Waals surface area contributed by atoms with E-state index in [9.17, 15) is 4.79 Å². The number of hydrogen-bond acceptors (Lipinski definition) is 4. The fourth-order valence-corrected chi connectivity index (χ4v) is 3.69. The fraction of sp³-hybridized carbons (Fsp3) is 0.619. The van der Waals surface area contributed by atoms with E-state index in [2.05, 4.69) is 29.2 Å². The lowest BCUT2D eigenvalue weighted by molar-refractivity contribution is 0.0935. The SMILES string of the molecule is COCCCN1CCC(CNC(=O)c2cccc3cn(C(C)C)nc23)CC1. The van der Waals surface area contributed by atoms with Crippen molar-refractivity contribution in [2.75, 3.05) is 39.9 Å². The number of hydrogen-bond donors (Lipinski definition) is 1. The van der Waals surface area contributed by atoms with E-state index in [1.54, 1.807) is 7.11 Å². The van der Waals surface area contributed by atoms with Gasteiger partial charge >= 0.3 is 0 Å². The second-order valence-corrected chi connectivity index (χ2v) is 7.79. The van der Waals surface area contributed by atoms with Crippen LogP contribution in [0.1, 0.15) is 49.5 Å². The third-order valence-electron chi connectivity index (χ3n) is 5.41. The van der Waals surface area contributed by atoms with Crippen molar-refractivity contribution in [3.8, 4) is 0 Å². The van der Waals surface area contributed by atoms with Gasteiger partial charge in [-0.05, 0) is 58.2 Å². The van der Waals surface area contributed by atoms with E-state index >= 15 is 0 Å². The number of methoxy groups -OCH3 is 1. The zero-order valence-electron chi connectivity index (χ0n) is 16.8. The number of aromatic nitrogens is 2. The predicted molar refractivity (Wildman–Crippen MR) is 108 cm³/mol. The molecule has 0 atom stereocenters. The highest BCUT2D eigenvalue weighted by Gasteiger charge is 2.20. The lowest BCUT2D eigenvalue weighted by Crippen LogP contribution is -2.39. The summed E-state index contributed by atoms with van der Waals surface area (Å²) in [5.41, 5.74) is 1.46.